The second-order valence-electron chi connectivity index (χ2n) is 11.0. The van der Waals surface area contributed by atoms with Crippen LogP contribution in [0.15, 0.2) is 18.2 Å². The Morgan fingerprint density at radius 3 is 2.54 bits per heavy atom. The summed E-state index contributed by atoms with van der Waals surface area (Å²) in [6.45, 7) is 6.58. The zero-order valence-electron chi connectivity index (χ0n) is 21.7. The fourth-order valence-electron chi connectivity index (χ4n) is 6.83. The van der Waals surface area contributed by atoms with Crippen LogP contribution >= 0.6 is 0 Å². The summed E-state index contributed by atoms with van der Waals surface area (Å²) in [5.74, 6) is -1.76. The summed E-state index contributed by atoms with van der Waals surface area (Å²) in [6, 6.07) is 4.73. The molecule has 202 valence electrons. The van der Waals surface area contributed by atoms with E-state index < -0.39 is 30.1 Å². The molecule has 4 atom stereocenters. The number of Topliss-reactive ketones (excluding diaryl/α,β-unsaturated/α-hetero) is 1. The molecule has 0 unspecified atom stereocenters. The standard InChI is InChI=1S/C28H39FN4O4/c1-2-10-31-11-13-32(14-12-31)19-8-9-20(27(30)35)21(15-19)24(18-6-4-3-5-7-18)28(36)33-16-22(29)26-25(33)23(34)17-37-26/h8-9,15,18,22,24-26H,2-7,10-14,16-17H2,1H3,(H2,30,35)/t22-,24-,25+,26+/m0/s1. The van der Waals surface area contributed by atoms with Gasteiger partial charge in [0.1, 0.15) is 24.9 Å². The molecular formula is C28H39FN4O4. The monoisotopic (exact) mass is 514 g/mol. The Kier molecular flexibility index (Phi) is 7.81. The first-order valence-electron chi connectivity index (χ1n) is 13.9. The molecule has 2 N–H and O–H groups in total. The summed E-state index contributed by atoms with van der Waals surface area (Å²) in [5, 5.41) is 0. The highest BCUT2D eigenvalue weighted by Gasteiger charge is 2.54. The summed E-state index contributed by atoms with van der Waals surface area (Å²) in [4.78, 5) is 45.5. The number of halogens is 1. The van der Waals surface area contributed by atoms with Gasteiger partial charge < -0.3 is 20.3 Å². The number of piperazine rings is 1. The number of carbonyl (C=O) groups excluding carboxylic acids is 3. The van der Waals surface area contributed by atoms with Crippen LogP contribution in [-0.4, -0.2) is 91.6 Å². The van der Waals surface area contributed by atoms with Crippen LogP contribution in [0.1, 0.15) is 67.3 Å². The molecule has 5 rings (SSSR count). The van der Waals surface area contributed by atoms with Crippen molar-refractivity contribution in [2.45, 2.75) is 69.7 Å². The van der Waals surface area contributed by atoms with E-state index in [0.29, 0.717) is 11.1 Å². The molecule has 1 saturated carbocycles. The van der Waals surface area contributed by atoms with Gasteiger partial charge in [-0.2, -0.15) is 0 Å². The van der Waals surface area contributed by atoms with E-state index >= 15 is 0 Å². The predicted octanol–water partition coefficient (Wildman–Crippen LogP) is 2.50. The van der Waals surface area contributed by atoms with Crippen LogP contribution in [0.3, 0.4) is 0 Å². The lowest BCUT2D eigenvalue weighted by Gasteiger charge is -2.37. The molecule has 1 aromatic carbocycles. The van der Waals surface area contributed by atoms with Crippen LogP contribution in [0.2, 0.25) is 0 Å². The molecule has 2 amide bonds. The molecule has 8 nitrogen and oxygen atoms in total. The van der Waals surface area contributed by atoms with Crippen LogP contribution in [-0.2, 0) is 14.3 Å². The molecule has 9 heteroatoms. The van der Waals surface area contributed by atoms with Crippen molar-refractivity contribution in [3.05, 3.63) is 29.3 Å². The molecule has 0 spiro atoms. The Bertz CT molecular complexity index is 1020. The minimum Gasteiger partial charge on any atom is -0.369 e. The van der Waals surface area contributed by atoms with Gasteiger partial charge in [0.2, 0.25) is 11.8 Å². The number of ketones is 1. The first-order chi connectivity index (χ1) is 17.9. The molecule has 3 saturated heterocycles. The summed E-state index contributed by atoms with van der Waals surface area (Å²) < 4.78 is 20.2. The highest BCUT2D eigenvalue weighted by molar-refractivity contribution is 5.99. The van der Waals surface area contributed by atoms with E-state index in [0.717, 1.165) is 76.9 Å². The molecule has 0 radical (unpaired) electrons. The van der Waals surface area contributed by atoms with E-state index in [2.05, 4.69) is 16.7 Å². The van der Waals surface area contributed by atoms with E-state index in [1.165, 1.54) is 4.90 Å². The van der Waals surface area contributed by atoms with Crippen LogP contribution < -0.4 is 10.6 Å². The molecule has 4 fully saturated rings. The van der Waals surface area contributed by atoms with Gasteiger partial charge in [0, 0.05) is 37.4 Å². The van der Waals surface area contributed by atoms with Crippen molar-refractivity contribution in [1.82, 2.24) is 9.80 Å². The quantitative estimate of drug-likeness (QED) is 0.601. The molecule has 0 bridgehead atoms. The highest BCUT2D eigenvalue weighted by Crippen LogP contribution is 2.42. The average molecular weight is 515 g/mol. The maximum Gasteiger partial charge on any atom is 0.249 e. The topological polar surface area (TPSA) is 96.2 Å². The number of hydrogen-bond donors (Lipinski definition) is 1. The maximum absolute atomic E-state index is 14.8. The number of primary amides is 1. The first kappa shape index (κ1) is 26.1. The van der Waals surface area contributed by atoms with Crippen molar-refractivity contribution < 1.29 is 23.5 Å². The fourth-order valence-corrected chi connectivity index (χ4v) is 6.83. The van der Waals surface area contributed by atoms with Gasteiger partial charge >= 0.3 is 0 Å². The normalized spacial score (nSPS) is 27.9. The maximum atomic E-state index is 14.8. The van der Waals surface area contributed by atoms with Gasteiger partial charge in [-0.1, -0.05) is 26.2 Å². The van der Waals surface area contributed by atoms with Gasteiger partial charge in [0.05, 0.1) is 12.5 Å². The molecule has 3 heterocycles. The average Bonchev–Trinajstić information content (AvgIpc) is 3.45. The van der Waals surface area contributed by atoms with Crippen molar-refractivity contribution in [2.75, 3.05) is 50.8 Å². The third kappa shape index (κ3) is 5.12. The van der Waals surface area contributed by atoms with Crippen LogP contribution in [0, 0.1) is 5.92 Å². The van der Waals surface area contributed by atoms with E-state index in [-0.39, 0.29) is 30.8 Å². The van der Waals surface area contributed by atoms with Crippen molar-refractivity contribution >= 4 is 23.3 Å². The van der Waals surface area contributed by atoms with Gasteiger partial charge in [-0.25, -0.2) is 4.39 Å². The Labute approximate surface area is 218 Å². The second kappa shape index (κ2) is 11.1. The molecule has 0 aromatic heterocycles. The number of carbonyl (C=O) groups is 3. The second-order valence-corrected chi connectivity index (χ2v) is 11.0. The number of ether oxygens (including phenoxy) is 1. The number of anilines is 1. The fraction of sp³-hybridized carbons (Fsp3) is 0.679. The van der Waals surface area contributed by atoms with Gasteiger partial charge in [-0.15, -0.1) is 0 Å². The van der Waals surface area contributed by atoms with Gasteiger partial charge in [-0.3, -0.25) is 19.3 Å². The number of amides is 2. The van der Waals surface area contributed by atoms with E-state index in [1.54, 1.807) is 6.07 Å². The third-order valence-electron chi connectivity index (χ3n) is 8.71. The van der Waals surface area contributed by atoms with Gasteiger partial charge in [-0.05, 0) is 55.5 Å². The van der Waals surface area contributed by atoms with E-state index in [4.69, 9.17) is 10.5 Å². The third-order valence-corrected chi connectivity index (χ3v) is 8.71. The number of likely N-dealkylation sites (tertiary alicyclic amines) is 1. The molecule has 1 aromatic rings. The van der Waals surface area contributed by atoms with Crippen molar-refractivity contribution in [2.24, 2.45) is 11.7 Å². The Balaban J connectivity index is 1.50. The summed E-state index contributed by atoms with van der Waals surface area (Å²) in [5.41, 5.74) is 7.74. The van der Waals surface area contributed by atoms with Crippen LogP contribution in [0.4, 0.5) is 10.1 Å². The smallest absolute Gasteiger partial charge is 0.249 e. The van der Waals surface area contributed by atoms with Crippen molar-refractivity contribution in [3.8, 4) is 0 Å². The highest BCUT2D eigenvalue weighted by atomic mass is 19.1. The molecule has 4 aliphatic rings. The van der Waals surface area contributed by atoms with Crippen molar-refractivity contribution in [3.63, 3.8) is 0 Å². The summed E-state index contributed by atoms with van der Waals surface area (Å²) >= 11 is 0. The SMILES string of the molecule is CCCN1CCN(c2ccc(C(N)=O)c([C@@H](C(=O)N3C[C@H](F)[C@H]4OCC(=O)[C@H]43)C3CCCCC3)c2)CC1. The summed E-state index contributed by atoms with van der Waals surface area (Å²) in [6.07, 6.45) is 3.63. The Morgan fingerprint density at radius 2 is 1.86 bits per heavy atom. The van der Waals surface area contributed by atoms with Crippen molar-refractivity contribution in [1.29, 1.82) is 0 Å². The number of fused-ring (bicyclic) bond motifs is 1. The molecule has 3 aliphatic heterocycles. The minimum absolute atomic E-state index is 0.00513. The minimum atomic E-state index is -1.39. The molecule has 1 aliphatic carbocycles. The number of hydrogen-bond acceptors (Lipinski definition) is 6. The Hall–Kier alpha value is -2.52. The first-order valence-corrected chi connectivity index (χ1v) is 13.9. The van der Waals surface area contributed by atoms with Gasteiger partial charge in [0.15, 0.2) is 5.78 Å². The molecule has 37 heavy (non-hydrogen) atoms. The number of rotatable bonds is 7. The number of benzene rings is 1. The number of nitrogens with two attached hydrogens (primary N) is 1. The lowest BCUT2D eigenvalue weighted by Crippen LogP contribution is -2.47. The van der Waals surface area contributed by atoms with E-state index in [1.807, 2.05) is 12.1 Å². The lowest BCUT2D eigenvalue weighted by atomic mass is 9.74. The molecular weight excluding hydrogens is 475 g/mol. The lowest BCUT2D eigenvalue weighted by molar-refractivity contribution is -0.139. The number of nitrogens with zero attached hydrogens (tertiary/aromatic N) is 3. The summed E-state index contributed by atoms with van der Waals surface area (Å²) in [7, 11) is 0. The van der Waals surface area contributed by atoms with E-state index in [9.17, 15) is 18.8 Å². The van der Waals surface area contributed by atoms with Crippen LogP contribution in [0.25, 0.3) is 0 Å². The zero-order chi connectivity index (χ0) is 26.1. The van der Waals surface area contributed by atoms with Gasteiger partial charge in [0.25, 0.3) is 0 Å². The largest absolute Gasteiger partial charge is 0.369 e. The predicted molar refractivity (Wildman–Crippen MR) is 138 cm³/mol. The Morgan fingerprint density at radius 1 is 1.14 bits per heavy atom. The number of alkyl halides is 1. The zero-order valence-corrected chi connectivity index (χ0v) is 21.7. The van der Waals surface area contributed by atoms with Crippen LogP contribution in [0.5, 0.6) is 0 Å².